The molecular weight excluding hydrogens is 544 g/mol. The molecule has 0 fully saturated rings. The summed E-state index contributed by atoms with van der Waals surface area (Å²) in [6.45, 7) is 4.17. The lowest BCUT2D eigenvalue weighted by molar-refractivity contribution is -0.141. The van der Waals surface area contributed by atoms with Gasteiger partial charge in [0, 0.05) is 34.5 Å². The van der Waals surface area contributed by atoms with Crippen molar-refractivity contribution in [2.75, 3.05) is 14.2 Å². The predicted octanol–water partition coefficient (Wildman–Crippen LogP) is 7.69. The minimum atomic E-state index is -0.263. The fraction of sp³-hybridized carbons (Fsp3) is 0.229. The van der Waals surface area contributed by atoms with Gasteiger partial charge in [0.2, 0.25) is 0 Å². The lowest BCUT2D eigenvalue weighted by Gasteiger charge is -2.14. The highest BCUT2D eigenvalue weighted by molar-refractivity contribution is 7.11. The Bertz CT molecular complexity index is 1680. The summed E-state index contributed by atoms with van der Waals surface area (Å²) >= 11 is 1.64. The maximum absolute atomic E-state index is 12.3. The molecular formula is C35H34N2O4S. The summed E-state index contributed by atoms with van der Waals surface area (Å²) in [5.74, 6) is -0.519. The maximum atomic E-state index is 12.3. The summed E-state index contributed by atoms with van der Waals surface area (Å²) in [5.41, 5.74) is 10.9. The molecule has 0 aliphatic carbocycles. The first-order chi connectivity index (χ1) is 20.4. The monoisotopic (exact) mass is 578 g/mol. The number of carbonyl (C=O) groups is 2. The van der Waals surface area contributed by atoms with Crippen molar-refractivity contribution in [3.05, 3.63) is 122 Å². The van der Waals surface area contributed by atoms with Gasteiger partial charge in [0.25, 0.3) is 0 Å². The van der Waals surface area contributed by atoms with Gasteiger partial charge in [0.05, 0.1) is 31.3 Å². The number of rotatable bonds is 10. The minimum absolute atomic E-state index is 0.246. The van der Waals surface area contributed by atoms with Crippen LogP contribution >= 0.6 is 11.3 Å². The third-order valence-electron chi connectivity index (χ3n) is 7.67. The highest BCUT2D eigenvalue weighted by Crippen LogP contribution is 2.43. The number of ether oxygens (including phenoxy) is 2. The summed E-state index contributed by atoms with van der Waals surface area (Å²) in [6.07, 6.45) is 1.50. The van der Waals surface area contributed by atoms with E-state index in [0.29, 0.717) is 12.8 Å². The van der Waals surface area contributed by atoms with Crippen LogP contribution in [0.3, 0.4) is 0 Å². The first kappa shape index (κ1) is 29.0. The molecule has 6 nitrogen and oxygen atoms in total. The molecule has 214 valence electrons. The second-order valence-electron chi connectivity index (χ2n) is 10.1. The van der Waals surface area contributed by atoms with E-state index in [0.717, 1.165) is 66.6 Å². The molecule has 0 saturated carbocycles. The van der Waals surface area contributed by atoms with E-state index in [1.165, 1.54) is 14.2 Å². The van der Waals surface area contributed by atoms with E-state index in [2.05, 4.69) is 54.5 Å². The zero-order chi connectivity index (χ0) is 29.6. The van der Waals surface area contributed by atoms with Crippen LogP contribution in [0.5, 0.6) is 0 Å². The topological polar surface area (TPSA) is 80.8 Å². The SMILES string of the molecule is COC(=O)CCC1=C(C)C(c2ccccc2)=N/C1=C(/c1cccs1)c1[nH]c(-c2ccccc2)c(C)c1CCC(=O)OC. The van der Waals surface area contributed by atoms with Crippen LogP contribution in [-0.2, 0) is 25.5 Å². The molecule has 4 aromatic rings. The van der Waals surface area contributed by atoms with Crippen molar-refractivity contribution < 1.29 is 19.1 Å². The van der Waals surface area contributed by atoms with Gasteiger partial charge < -0.3 is 14.5 Å². The Hall–Kier alpha value is -4.49. The van der Waals surface area contributed by atoms with Crippen molar-refractivity contribution in [1.29, 1.82) is 0 Å². The zero-order valence-corrected chi connectivity index (χ0v) is 25.1. The van der Waals surface area contributed by atoms with Crippen molar-refractivity contribution >= 4 is 34.6 Å². The van der Waals surface area contributed by atoms with E-state index in [4.69, 9.17) is 14.5 Å². The van der Waals surface area contributed by atoms with Crippen LogP contribution in [0.2, 0.25) is 0 Å². The van der Waals surface area contributed by atoms with E-state index < -0.39 is 0 Å². The lowest BCUT2D eigenvalue weighted by Crippen LogP contribution is -2.05. The number of nitrogens with one attached hydrogen (secondary N) is 1. The van der Waals surface area contributed by atoms with Crippen LogP contribution < -0.4 is 0 Å². The second kappa shape index (κ2) is 13.0. The Morgan fingerprint density at radius 3 is 2.02 bits per heavy atom. The van der Waals surface area contributed by atoms with Crippen molar-refractivity contribution in [2.45, 2.75) is 39.5 Å². The van der Waals surface area contributed by atoms with Gasteiger partial charge in [0.15, 0.2) is 0 Å². The molecule has 2 aromatic heterocycles. The molecule has 0 spiro atoms. The first-order valence-corrected chi connectivity index (χ1v) is 14.8. The maximum Gasteiger partial charge on any atom is 0.305 e. The minimum Gasteiger partial charge on any atom is -0.469 e. The standard InChI is InChI=1S/C35H34N2O4S/c1-22-26(17-19-29(38)40-3)34(36-32(22)24-12-7-5-8-13-24)31(28-16-11-21-42-28)35-27(18-20-30(39)41-4)23(2)33(37-35)25-14-9-6-10-15-25/h5-16,21,36H,17-20H2,1-4H3/b35-31-. The number of hydrogen-bond donors (Lipinski definition) is 1. The molecule has 0 bridgehead atoms. The fourth-order valence-corrected chi connectivity index (χ4v) is 6.24. The van der Waals surface area contributed by atoms with Gasteiger partial charge >= 0.3 is 11.9 Å². The molecule has 0 radical (unpaired) electrons. The molecule has 3 heterocycles. The number of hydrogen-bond acceptors (Lipinski definition) is 6. The molecule has 2 aromatic carbocycles. The molecule has 1 aliphatic rings. The van der Waals surface area contributed by atoms with Crippen molar-refractivity contribution in [3.8, 4) is 11.3 Å². The third-order valence-corrected chi connectivity index (χ3v) is 8.56. The molecule has 7 heteroatoms. The molecule has 0 atom stereocenters. The lowest BCUT2D eigenvalue weighted by atomic mass is 9.92. The van der Waals surface area contributed by atoms with Crippen molar-refractivity contribution in [2.24, 2.45) is 4.99 Å². The number of benzene rings is 2. The van der Waals surface area contributed by atoms with Gasteiger partial charge in [-0.3, -0.25) is 9.59 Å². The average molecular weight is 579 g/mol. The smallest absolute Gasteiger partial charge is 0.305 e. The molecule has 1 aliphatic heterocycles. The highest BCUT2D eigenvalue weighted by Gasteiger charge is 2.30. The Morgan fingerprint density at radius 1 is 0.810 bits per heavy atom. The number of aromatic amines is 1. The van der Waals surface area contributed by atoms with E-state index in [1.807, 2.05) is 42.5 Å². The first-order valence-electron chi connectivity index (χ1n) is 14.0. The Morgan fingerprint density at radius 2 is 1.43 bits per heavy atom. The number of carbonyl (C=O) groups excluding carboxylic acids is 2. The highest BCUT2D eigenvalue weighted by atomic mass is 32.1. The second-order valence-corrected chi connectivity index (χ2v) is 11.1. The summed E-state index contributed by atoms with van der Waals surface area (Å²) in [6, 6.07) is 24.4. The molecule has 0 saturated heterocycles. The number of esters is 2. The van der Waals surface area contributed by atoms with Gasteiger partial charge in [0.1, 0.15) is 0 Å². The van der Waals surface area contributed by atoms with Gasteiger partial charge in [-0.2, -0.15) is 0 Å². The molecule has 0 amide bonds. The van der Waals surface area contributed by atoms with Crippen LogP contribution in [-0.4, -0.2) is 36.9 Å². The van der Waals surface area contributed by atoms with Crippen LogP contribution in [0.1, 0.15) is 53.4 Å². The number of allylic oxidation sites excluding steroid dienone is 2. The van der Waals surface area contributed by atoms with Crippen LogP contribution in [0.4, 0.5) is 0 Å². The normalized spacial score (nSPS) is 14.1. The van der Waals surface area contributed by atoms with E-state index in [1.54, 1.807) is 11.3 Å². The quantitative estimate of drug-likeness (QED) is 0.196. The van der Waals surface area contributed by atoms with Crippen molar-refractivity contribution in [3.63, 3.8) is 0 Å². The van der Waals surface area contributed by atoms with Crippen LogP contribution in [0, 0.1) is 6.92 Å². The molecule has 42 heavy (non-hydrogen) atoms. The third kappa shape index (κ3) is 5.92. The van der Waals surface area contributed by atoms with E-state index in [-0.39, 0.29) is 24.8 Å². The summed E-state index contributed by atoms with van der Waals surface area (Å²) in [5, 5.41) is 2.05. The number of H-pyrrole nitrogens is 1. The Kier molecular flexibility index (Phi) is 8.98. The summed E-state index contributed by atoms with van der Waals surface area (Å²) in [7, 11) is 2.83. The number of nitrogens with zero attached hydrogens (tertiary/aromatic N) is 1. The Labute approximate surface area is 250 Å². The number of aliphatic imine (C=N–C) groups is 1. The predicted molar refractivity (Wildman–Crippen MR) is 169 cm³/mol. The largest absolute Gasteiger partial charge is 0.469 e. The Balaban J connectivity index is 1.79. The number of thiophene rings is 1. The summed E-state index contributed by atoms with van der Waals surface area (Å²) < 4.78 is 10.0. The summed E-state index contributed by atoms with van der Waals surface area (Å²) in [4.78, 5) is 34.7. The molecule has 1 N–H and O–H groups in total. The van der Waals surface area contributed by atoms with E-state index in [9.17, 15) is 9.59 Å². The van der Waals surface area contributed by atoms with Gasteiger partial charge in [-0.05, 0) is 66.0 Å². The molecule has 0 unspecified atom stereocenters. The van der Waals surface area contributed by atoms with E-state index >= 15 is 0 Å². The van der Waals surface area contributed by atoms with Crippen LogP contribution in [0.25, 0.3) is 16.8 Å². The number of methoxy groups -OCH3 is 2. The van der Waals surface area contributed by atoms with Gasteiger partial charge in [-0.1, -0.05) is 66.7 Å². The number of aromatic nitrogens is 1. The van der Waals surface area contributed by atoms with Gasteiger partial charge in [-0.15, -0.1) is 11.3 Å². The van der Waals surface area contributed by atoms with Crippen molar-refractivity contribution in [1.82, 2.24) is 4.98 Å². The van der Waals surface area contributed by atoms with Gasteiger partial charge in [-0.25, -0.2) is 4.99 Å². The zero-order valence-electron chi connectivity index (χ0n) is 24.3. The fourth-order valence-electron chi connectivity index (χ4n) is 5.46. The van der Waals surface area contributed by atoms with Crippen LogP contribution in [0.15, 0.2) is 100 Å². The average Bonchev–Trinajstić information content (AvgIpc) is 3.75. The molecule has 5 rings (SSSR count).